The molecule has 2 N–H and O–H groups in total. The average molecular weight is 616 g/mol. The molecule has 8 nitrogen and oxygen atoms in total. The first kappa shape index (κ1) is 27.3. The Balaban J connectivity index is 1.68. The number of rotatable bonds is 8. The summed E-state index contributed by atoms with van der Waals surface area (Å²) in [6.45, 7) is 2.36. The lowest BCUT2D eigenvalue weighted by Crippen LogP contribution is -2.54. The third-order valence-electron chi connectivity index (χ3n) is 5.43. The lowest BCUT2D eigenvalue weighted by molar-refractivity contribution is -0.122. The molecule has 0 atom stereocenters. The van der Waals surface area contributed by atoms with Gasteiger partial charge in [-0.25, -0.2) is 4.79 Å². The first-order valence-electron chi connectivity index (χ1n) is 11.3. The summed E-state index contributed by atoms with van der Waals surface area (Å²) in [6, 6.07) is 16.3. The van der Waals surface area contributed by atoms with E-state index >= 15 is 0 Å². The highest BCUT2D eigenvalue weighted by atomic mass is 79.9. The maximum absolute atomic E-state index is 13.4. The van der Waals surface area contributed by atoms with Crippen LogP contribution in [0.2, 0.25) is 5.02 Å². The highest BCUT2D eigenvalue weighted by Gasteiger charge is 2.35. The third-order valence-corrected chi connectivity index (χ3v) is 6.67. The van der Waals surface area contributed by atoms with Crippen LogP contribution in [0.1, 0.15) is 28.4 Å². The van der Waals surface area contributed by atoms with E-state index in [9.17, 15) is 19.5 Å². The molecule has 4 rings (SSSR count). The molecule has 1 aliphatic heterocycles. The summed E-state index contributed by atoms with van der Waals surface area (Å²) in [7, 11) is 0. The summed E-state index contributed by atoms with van der Waals surface area (Å²) in [6.07, 6.45) is 1.40. The molecule has 11 heteroatoms. The fraction of sp³-hybridized carbons (Fsp3) is 0.111. The number of hydrogen-bond acceptors (Lipinski definition) is 6. The second-order valence-electron chi connectivity index (χ2n) is 7.96. The number of hydrogen-bond donors (Lipinski definition) is 2. The third kappa shape index (κ3) is 5.88. The molecule has 1 aliphatic rings. The van der Waals surface area contributed by atoms with Crippen molar-refractivity contribution in [1.29, 1.82) is 0 Å². The summed E-state index contributed by atoms with van der Waals surface area (Å²) >= 11 is 14.9. The molecule has 0 unspecified atom stereocenters. The van der Waals surface area contributed by atoms with Gasteiger partial charge in [-0.2, -0.15) is 0 Å². The number of nitrogens with zero attached hydrogens (tertiary/aromatic N) is 1. The zero-order valence-electron chi connectivity index (χ0n) is 19.9. The van der Waals surface area contributed by atoms with E-state index in [2.05, 4.69) is 21.2 Å². The van der Waals surface area contributed by atoms with E-state index in [1.54, 1.807) is 18.2 Å². The first-order chi connectivity index (χ1) is 18.2. The number of carboxylic acid groups (broad SMARTS) is 1. The van der Waals surface area contributed by atoms with Crippen LogP contribution < -0.4 is 19.7 Å². The van der Waals surface area contributed by atoms with Crippen LogP contribution in [0.5, 0.6) is 11.5 Å². The van der Waals surface area contributed by atoms with Crippen molar-refractivity contribution in [3.63, 3.8) is 0 Å². The SMILES string of the molecule is CCOc1cc(C=C2C(=O)NC(=S)N(c3cccc(C(=O)O)c3)C2=O)cc(Br)c1OCc1ccccc1Cl. The molecule has 38 heavy (non-hydrogen) atoms. The molecule has 0 saturated carbocycles. The number of halogens is 2. The summed E-state index contributed by atoms with van der Waals surface area (Å²) in [5.41, 5.74) is 1.26. The van der Waals surface area contributed by atoms with Gasteiger partial charge in [-0.3, -0.25) is 19.8 Å². The minimum Gasteiger partial charge on any atom is -0.490 e. The van der Waals surface area contributed by atoms with E-state index in [1.807, 2.05) is 25.1 Å². The van der Waals surface area contributed by atoms with Crippen LogP contribution in [-0.4, -0.2) is 34.6 Å². The standard InChI is InChI=1S/C27H20BrClN2O6S/c1-2-36-22-12-15(11-20(28)23(22)37-14-17-6-3-4-9-21(17)29)10-19-24(32)30-27(38)31(25(19)33)18-8-5-7-16(13-18)26(34)35/h3-13H,2,14H2,1H3,(H,34,35)(H,30,32,38). The molecule has 1 heterocycles. The van der Waals surface area contributed by atoms with E-state index < -0.39 is 17.8 Å². The molecule has 1 fully saturated rings. The fourth-order valence-corrected chi connectivity index (χ4v) is 4.72. The number of ether oxygens (including phenoxy) is 2. The molecular weight excluding hydrogens is 596 g/mol. The second kappa shape index (κ2) is 11.8. The summed E-state index contributed by atoms with van der Waals surface area (Å²) in [5.74, 6) is -1.71. The molecule has 0 spiro atoms. The summed E-state index contributed by atoms with van der Waals surface area (Å²) in [5, 5.41) is 12.2. The van der Waals surface area contributed by atoms with E-state index in [0.717, 1.165) is 10.5 Å². The van der Waals surface area contributed by atoms with E-state index in [4.69, 9.17) is 33.3 Å². The predicted octanol–water partition coefficient (Wildman–Crippen LogP) is 5.61. The smallest absolute Gasteiger partial charge is 0.335 e. The fourth-order valence-electron chi connectivity index (χ4n) is 3.68. The van der Waals surface area contributed by atoms with Gasteiger partial charge in [-0.15, -0.1) is 0 Å². The molecule has 1 saturated heterocycles. The van der Waals surface area contributed by atoms with Gasteiger partial charge in [0.25, 0.3) is 11.8 Å². The van der Waals surface area contributed by atoms with Gasteiger partial charge in [0.15, 0.2) is 16.6 Å². The lowest BCUT2D eigenvalue weighted by Gasteiger charge is -2.29. The second-order valence-corrected chi connectivity index (χ2v) is 9.60. The molecule has 194 valence electrons. The summed E-state index contributed by atoms with van der Waals surface area (Å²) in [4.78, 5) is 38.6. The maximum atomic E-state index is 13.4. The van der Waals surface area contributed by atoms with Crippen molar-refractivity contribution in [2.45, 2.75) is 13.5 Å². The lowest BCUT2D eigenvalue weighted by atomic mass is 10.1. The van der Waals surface area contributed by atoms with Crippen molar-refractivity contribution in [1.82, 2.24) is 5.32 Å². The normalized spacial score (nSPS) is 14.4. The van der Waals surface area contributed by atoms with E-state index in [-0.39, 0.29) is 28.5 Å². The van der Waals surface area contributed by atoms with Crippen molar-refractivity contribution in [3.8, 4) is 11.5 Å². The Morgan fingerprint density at radius 3 is 2.61 bits per heavy atom. The molecule has 0 radical (unpaired) electrons. The van der Waals surface area contributed by atoms with Gasteiger partial charge in [0, 0.05) is 10.6 Å². The van der Waals surface area contributed by atoms with Gasteiger partial charge < -0.3 is 14.6 Å². The largest absolute Gasteiger partial charge is 0.490 e. The van der Waals surface area contributed by atoms with Crippen molar-refractivity contribution in [2.24, 2.45) is 0 Å². The van der Waals surface area contributed by atoms with Crippen LogP contribution in [0, 0.1) is 0 Å². The Morgan fingerprint density at radius 2 is 1.89 bits per heavy atom. The van der Waals surface area contributed by atoms with Gasteiger partial charge in [0.05, 0.1) is 22.3 Å². The molecular formula is C27H20BrClN2O6S. The minimum absolute atomic E-state index is 0.0294. The number of carboxylic acids is 1. The van der Waals surface area contributed by atoms with Crippen LogP contribution in [0.25, 0.3) is 6.08 Å². The van der Waals surface area contributed by atoms with Crippen LogP contribution in [0.4, 0.5) is 5.69 Å². The minimum atomic E-state index is -1.16. The van der Waals surface area contributed by atoms with Gasteiger partial charge >= 0.3 is 5.97 Å². The zero-order valence-corrected chi connectivity index (χ0v) is 23.0. The molecule has 3 aromatic rings. The Bertz CT molecular complexity index is 1490. The number of thiocarbonyl (C=S) groups is 1. The number of amides is 2. The number of carbonyl (C=O) groups excluding carboxylic acids is 2. The number of nitrogens with one attached hydrogen (secondary N) is 1. The van der Waals surface area contributed by atoms with E-state index in [1.165, 1.54) is 30.3 Å². The number of aromatic carboxylic acids is 1. The topological polar surface area (TPSA) is 105 Å². The molecule has 0 bridgehead atoms. The number of carbonyl (C=O) groups is 3. The van der Waals surface area contributed by atoms with Gasteiger partial charge in [0.1, 0.15) is 12.2 Å². The van der Waals surface area contributed by atoms with Gasteiger partial charge in [-0.1, -0.05) is 35.9 Å². The van der Waals surface area contributed by atoms with E-state index in [0.29, 0.717) is 33.2 Å². The highest BCUT2D eigenvalue weighted by Crippen LogP contribution is 2.38. The van der Waals surface area contributed by atoms with Crippen molar-refractivity contribution in [2.75, 3.05) is 11.5 Å². The highest BCUT2D eigenvalue weighted by molar-refractivity contribution is 9.10. The first-order valence-corrected chi connectivity index (χ1v) is 12.8. The molecule has 0 aromatic heterocycles. The van der Waals surface area contributed by atoms with Crippen LogP contribution in [0.3, 0.4) is 0 Å². The van der Waals surface area contributed by atoms with Gasteiger partial charge in [-0.05, 0) is 83.1 Å². The molecule has 3 aromatic carbocycles. The van der Waals surface area contributed by atoms with Crippen molar-refractivity contribution >= 4 is 74.4 Å². The van der Waals surface area contributed by atoms with Crippen LogP contribution in [-0.2, 0) is 16.2 Å². The average Bonchev–Trinajstić information content (AvgIpc) is 2.87. The van der Waals surface area contributed by atoms with Crippen LogP contribution >= 0.6 is 39.7 Å². The Morgan fingerprint density at radius 1 is 1.13 bits per heavy atom. The molecule has 0 aliphatic carbocycles. The predicted molar refractivity (Wildman–Crippen MR) is 151 cm³/mol. The van der Waals surface area contributed by atoms with Crippen LogP contribution in [0.15, 0.2) is 70.7 Å². The zero-order chi connectivity index (χ0) is 27.4. The van der Waals surface area contributed by atoms with Crippen molar-refractivity contribution < 1.29 is 29.0 Å². The maximum Gasteiger partial charge on any atom is 0.335 e. The quantitative estimate of drug-likeness (QED) is 0.193. The van der Waals surface area contributed by atoms with Crippen molar-refractivity contribution in [3.05, 3.63) is 92.4 Å². The summed E-state index contributed by atoms with van der Waals surface area (Å²) < 4.78 is 12.3. The number of anilines is 1. The monoisotopic (exact) mass is 614 g/mol. The molecule has 2 amide bonds. The number of benzene rings is 3. The Labute approximate surface area is 236 Å². The Kier molecular flexibility index (Phi) is 8.45. The Hall–Kier alpha value is -3.73. The van der Waals surface area contributed by atoms with Gasteiger partial charge in [0.2, 0.25) is 0 Å².